The number of likely N-dealkylation sites (tertiary alicyclic amines) is 2. The molecule has 2 aliphatic heterocycles. The van der Waals surface area contributed by atoms with E-state index in [4.69, 9.17) is 30.4 Å². The predicted molar refractivity (Wildman–Crippen MR) is 305 cm³/mol. The number of aromatic hydroxyl groups is 1. The number of hydrogen-bond donors (Lipinski definition) is 5. The smallest absolute Gasteiger partial charge is 0.329 e. The molecule has 440 valence electrons. The number of ether oxygens (including phenoxy) is 4. The van der Waals surface area contributed by atoms with Crippen LogP contribution in [0.15, 0.2) is 48.5 Å². The highest BCUT2D eigenvalue weighted by atomic mass is 28.3. The molecule has 0 unspecified atom stereocenters. The summed E-state index contributed by atoms with van der Waals surface area (Å²) in [4.78, 5) is 78.7. The molecule has 17 nitrogen and oxygen atoms in total. The number of carbonyl (C=O) groups excluding carboxylic acids is 6. The van der Waals surface area contributed by atoms with Crippen LogP contribution >= 0.6 is 0 Å². The van der Waals surface area contributed by atoms with Gasteiger partial charge in [-0.1, -0.05) is 136 Å². The maximum atomic E-state index is 13.8. The number of primary amides is 2. The monoisotopic (exact) mass is 1110 g/mol. The Morgan fingerprint density at radius 2 is 1.12 bits per heavy atom. The molecular weight excluding hydrogens is 1010 g/mol. The minimum atomic E-state index is -1.20. The van der Waals surface area contributed by atoms with Gasteiger partial charge in [0.05, 0.1) is 17.2 Å². The maximum absolute atomic E-state index is 13.8. The highest BCUT2D eigenvalue weighted by molar-refractivity contribution is 6.76. The number of nitrogens with zero attached hydrogens (tertiary/aromatic N) is 2. The minimum Gasteiger partial charge on any atom is -0.507 e. The van der Waals surface area contributed by atoms with E-state index in [0.29, 0.717) is 56.6 Å². The zero-order valence-corrected chi connectivity index (χ0v) is 49.3. The summed E-state index contributed by atoms with van der Waals surface area (Å²) in [7, 11) is -1.20. The van der Waals surface area contributed by atoms with Crippen LogP contribution in [-0.4, -0.2) is 132 Å². The number of amides is 4. The lowest BCUT2D eigenvalue weighted by Gasteiger charge is -2.27. The first-order chi connectivity index (χ1) is 37.2. The second kappa shape index (κ2) is 36.3. The van der Waals surface area contributed by atoms with Crippen molar-refractivity contribution in [1.82, 2.24) is 9.80 Å². The highest BCUT2D eigenvalue weighted by Gasteiger charge is 2.42. The third-order valence-corrected chi connectivity index (χ3v) is 16.4. The van der Waals surface area contributed by atoms with E-state index in [-0.39, 0.29) is 72.9 Å². The molecule has 18 heteroatoms. The second-order valence-electron chi connectivity index (χ2n) is 23.0. The summed E-state index contributed by atoms with van der Waals surface area (Å²) in [6.45, 7) is 16.3. The van der Waals surface area contributed by atoms with E-state index in [1.165, 1.54) is 23.5 Å². The fraction of sp³-hybridized carbons (Fsp3) is 0.700. The Hall–Kier alpha value is -5.04. The predicted octanol–water partition coefficient (Wildman–Crippen LogP) is 9.83. The van der Waals surface area contributed by atoms with Gasteiger partial charge in [-0.2, -0.15) is 0 Å². The molecule has 2 heterocycles. The Labute approximate surface area is 466 Å². The maximum Gasteiger partial charge on any atom is 0.329 e. The van der Waals surface area contributed by atoms with Gasteiger partial charge in [-0.15, -0.1) is 0 Å². The molecule has 4 rings (SSSR count). The van der Waals surface area contributed by atoms with Gasteiger partial charge in [0.2, 0.25) is 11.8 Å². The van der Waals surface area contributed by atoms with Gasteiger partial charge in [0, 0.05) is 40.1 Å². The van der Waals surface area contributed by atoms with Gasteiger partial charge in [-0.05, 0) is 107 Å². The highest BCUT2D eigenvalue weighted by Crippen LogP contribution is 2.31. The molecule has 7 N–H and O–H groups in total. The van der Waals surface area contributed by atoms with Crippen molar-refractivity contribution >= 4 is 43.6 Å². The Kier molecular flexibility index (Phi) is 31.3. The van der Waals surface area contributed by atoms with Gasteiger partial charge in [-0.3, -0.25) is 19.2 Å². The van der Waals surface area contributed by atoms with Gasteiger partial charge in [0.25, 0.3) is 11.8 Å². The summed E-state index contributed by atoms with van der Waals surface area (Å²) in [5.41, 5.74) is 11.0. The summed E-state index contributed by atoms with van der Waals surface area (Å²) in [6.07, 6.45) is 15.8. The van der Waals surface area contributed by atoms with Crippen LogP contribution in [0.5, 0.6) is 11.5 Å². The molecule has 0 radical (unpaired) electrons. The first-order valence-electron chi connectivity index (χ1n) is 29.2. The third-order valence-electron chi connectivity index (χ3n) is 14.7. The average Bonchev–Trinajstić information content (AvgIpc) is 4.04. The molecule has 2 aliphatic rings. The first kappa shape index (κ1) is 67.2. The largest absolute Gasteiger partial charge is 0.507 e. The van der Waals surface area contributed by atoms with Gasteiger partial charge in [0.15, 0.2) is 6.79 Å². The van der Waals surface area contributed by atoms with E-state index < -0.39 is 50.1 Å². The minimum absolute atomic E-state index is 0.00368. The van der Waals surface area contributed by atoms with E-state index in [0.717, 1.165) is 102 Å². The van der Waals surface area contributed by atoms with Crippen molar-refractivity contribution in [3.05, 3.63) is 59.7 Å². The standard InChI is InChI=1S/C34H58N2O6Si.C26H40N2O7/c1-7-8-9-12-17-28(18-13-10-11-16-27(3)32(35)37)42-34(39)30-23-26(2)24-36(30)33(38)29-19-14-15-20-31(29)41-25-40-21-22-43(4,5)6;1-2-3-4-6-11-19(12-7-5-8-15-23(31)24(27)32)35-26(34)21-16-18(29)17-28(21)25(33)20-13-9-10-14-22(20)30/h14-15,19-20,26-28,30H,7-13,16-18,21-25H2,1-6H3,(H2,35,37);9-10,13-14,18-19,21,23,29-31H,2-8,11-12,15-17H2,1H3,(H2,27,32)/t26-,27-,28-,30+;18-,19-,21+,23-/m11/s1. The van der Waals surface area contributed by atoms with Gasteiger partial charge in [-0.25, -0.2) is 9.59 Å². The zero-order valence-electron chi connectivity index (χ0n) is 48.3. The lowest BCUT2D eigenvalue weighted by atomic mass is 9.99. The topological polar surface area (TPSA) is 259 Å². The van der Waals surface area contributed by atoms with Gasteiger partial charge < -0.3 is 55.5 Å². The Morgan fingerprint density at radius 1 is 0.641 bits per heavy atom. The molecular formula is C60H98N4O13Si. The molecule has 0 spiro atoms. The number of aliphatic hydroxyl groups excluding tert-OH is 2. The molecule has 2 saturated heterocycles. The van der Waals surface area contributed by atoms with E-state index in [9.17, 15) is 44.1 Å². The number of aliphatic hydroxyl groups is 2. The van der Waals surface area contributed by atoms with Gasteiger partial charge in [0.1, 0.15) is 41.9 Å². The van der Waals surface area contributed by atoms with Crippen molar-refractivity contribution in [3.63, 3.8) is 0 Å². The number of nitrogens with two attached hydrogens (primary N) is 2. The fourth-order valence-corrected chi connectivity index (χ4v) is 10.6. The molecule has 2 aromatic rings. The van der Waals surface area contributed by atoms with Crippen LogP contribution in [0.4, 0.5) is 0 Å². The quantitative estimate of drug-likeness (QED) is 0.0184. The van der Waals surface area contributed by atoms with Crippen molar-refractivity contribution in [1.29, 1.82) is 0 Å². The second-order valence-corrected chi connectivity index (χ2v) is 28.6. The molecule has 0 saturated carbocycles. The van der Waals surface area contributed by atoms with Crippen LogP contribution in [-0.2, 0) is 33.4 Å². The lowest BCUT2D eigenvalue weighted by Crippen LogP contribution is -2.42. The molecule has 0 bridgehead atoms. The Morgan fingerprint density at radius 3 is 1.64 bits per heavy atom. The number of carbonyl (C=O) groups is 6. The normalized spacial score (nSPS) is 18.8. The van der Waals surface area contributed by atoms with E-state index in [2.05, 4.69) is 40.4 Å². The number of β-amino-alcohol motifs (C(OH)–C–C–N with tert-alkyl or cyclic N) is 1. The average molecular weight is 1110 g/mol. The molecule has 78 heavy (non-hydrogen) atoms. The number of phenolic OH excluding ortho intramolecular Hbond substituents is 1. The Bertz CT molecular complexity index is 2120. The van der Waals surface area contributed by atoms with E-state index in [1.54, 1.807) is 29.2 Å². The molecule has 2 aromatic carbocycles. The Balaban J connectivity index is 0.000000419. The summed E-state index contributed by atoms with van der Waals surface area (Å²) in [5, 5.41) is 29.8. The molecule has 0 aromatic heterocycles. The van der Waals surface area contributed by atoms with Crippen molar-refractivity contribution in [2.45, 2.75) is 231 Å². The van der Waals surface area contributed by atoms with E-state index in [1.807, 2.05) is 19.1 Å². The first-order valence-corrected chi connectivity index (χ1v) is 32.9. The van der Waals surface area contributed by atoms with Crippen LogP contribution in [0.25, 0.3) is 0 Å². The van der Waals surface area contributed by atoms with Crippen molar-refractivity contribution in [3.8, 4) is 11.5 Å². The van der Waals surface area contributed by atoms with Crippen LogP contribution in [0.1, 0.15) is 190 Å². The number of hydrogen-bond acceptors (Lipinski definition) is 13. The molecule has 4 amide bonds. The summed E-state index contributed by atoms with van der Waals surface area (Å²) in [6, 6.07) is 12.8. The van der Waals surface area contributed by atoms with Crippen LogP contribution in [0.3, 0.4) is 0 Å². The number of rotatable bonds is 36. The van der Waals surface area contributed by atoms with Crippen LogP contribution < -0.4 is 16.2 Å². The number of unbranched alkanes of at least 4 members (excludes halogenated alkanes) is 10. The van der Waals surface area contributed by atoms with Crippen LogP contribution in [0, 0.1) is 11.8 Å². The lowest BCUT2D eigenvalue weighted by molar-refractivity contribution is -0.155. The number of benzene rings is 2. The summed E-state index contributed by atoms with van der Waals surface area (Å²) in [5.74, 6) is -2.22. The number of phenols is 1. The summed E-state index contributed by atoms with van der Waals surface area (Å²) >= 11 is 0. The SMILES string of the molecule is CCCCCC[C@H](CCCCC[C@@H](C)C(N)=O)OC(=O)[C@@H]1C[C@@H](C)CN1C(=O)c1ccccc1OCOCC[Si](C)(C)C.CCCCCC[C@H](CCCCC[C@@H](O)C(N)=O)OC(=O)[C@@H]1C[C@@H](O)CN1C(=O)c1ccccc1O. The summed E-state index contributed by atoms with van der Waals surface area (Å²) < 4.78 is 23.6. The number of esters is 2. The molecule has 8 atom stereocenters. The van der Waals surface area contributed by atoms with Gasteiger partial charge >= 0.3 is 11.9 Å². The van der Waals surface area contributed by atoms with Crippen LogP contribution in [0.2, 0.25) is 25.7 Å². The van der Waals surface area contributed by atoms with Crippen molar-refractivity contribution in [2.75, 3.05) is 26.5 Å². The van der Waals surface area contributed by atoms with E-state index >= 15 is 0 Å². The fourth-order valence-electron chi connectivity index (χ4n) is 9.81. The number of para-hydroxylation sites is 2. The van der Waals surface area contributed by atoms with Crippen molar-refractivity contribution in [2.24, 2.45) is 23.3 Å². The third kappa shape index (κ3) is 25.0. The van der Waals surface area contributed by atoms with Crippen molar-refractivity contribution < 1.29 is 63.0 Å². The molecule has 0 aliphatic carbocycles. The zero-order chi connectivity index (χ0) is 57.6. The molecule has 2 fully saturated rings.